The third kappa shape index (κ3) is 3.75. The van der Waals surface area contributed by atoms with Gasteiger partial charge in [0.15, 0.2) is 0 Å². The molecule has 0 radical (unpaired) electrons. The summed E-state index contributed by atoms with van der Waals surface area (Å²) in [5.74, 6) is -0.165. The molecule has 0 unspecified atom stereocenters. The van der Waals surface area contributed by atoms with E-state index in [1.165, 1.54) is 7.11 Å². The second-order valence-corrected chi connectivity index (χ2v) is 3.85. The van der Waals surface area contributed by atoms with Gasteiger partial charge < -0.3 is 4.74 Å². The summed E-state index contributed by atoms with van der Waals surface area (Å²) in [5, 5.41) is 4.10. The highest BCUT2D eigenvalue weighted by atomic mass is 127. The van der Waals surface area contributed by atoms with Crippen LogP contribution in [0.4, 0.5) is 0 Å². The Morgan fingerprint density at radius 1 is 1.77 bits per heavy atom. The Morgan fingerprint density at radius 3 is 3.08 bits per heavy atom. The van der Waals surface area contributed by atoms with E-state index in [9.17, 15) is 4.79 Å². The minimum Gasteiger partial charge on any atom is -0.469 e. The maximum Gasteiger partial charge on any atom is 0.305 e. The van der Waals surface area contributed by atoms with Crippen LogP contribution in [0.1, 0.15) is 12.8 Å². The summed E-state index contributed by atoms with van der Waals surface area (Å²) in [6.07, 6.45) is 4.95. The Labute approximate surface area is 90.4 Å². The molecule has 0 aliphatic heterocycles. The van der Waals surface area contributed by atoms with Crippen LogP contribution in [0.2, 0.25) is 0 Å². The van der Waals surface area contributed by atoms with Crippen molar-refractivity contribution >= 4 is 28.6 Å². The molecule has 1 aromatic rings. The molecule has 13 heavy (non-hydrogen) atoms. The second kappa shape index (κ2) is 5.21. The van der Waals surface area contributed by atoms with Crippen molar-refractivity contribution in [1.29, 1.82) is 0 Å². The predicted octanol–water partition coefficient (Wildman–Crippen LogP) is 1.44. The number of carbonyl (C=O) groups excluding carboxylic acids is 1. The quantitative estimate of drug-likeness (QED) is 0.623. The molecule has 1 rings (SSSR count). The highest BCUT2D eigenvalue weighted by Gasteiger charge is 2.00. The number of esters is 1. The molecule has 1 aromatic heterocycles. The molecule has 0 N–H and O–H groups in total. The van der Waals surface area contributed by atoms with Crippen molar-refractivity contribution < 1.29 is 9.53 Å². The number of carbonyl (C=O) groups is 1. The molecule has 0 spiro atoms. The average Bonchev–Trinajstić information content (AvgIpc) is 2.51. The molecule has 0 aromatic carbocycles. The number of aryl methyl sites for hydroxylation is 1. The molecule has 1 heterocycles. The normalized spacial score (nSPS) is 10.0. The van der Waals surface area contributed by atoms with Gasteiger partial charge in [0.25, 0.3) is 0 Å². The maximum atomic E-state index is 10.8. The Balaban J connectivity index is 2.24. The van der Waals surface area contributed by atoms with Gasteiger partial charge in [-0.1, -0.05) is 0 Å². The first-order valence-electron chi connectivity index (χ1n) is 3.97. The minimum absolute atomic E-state index is 0.165. The second-order valence-electron chi connectivity index (χ2n) is 2.60. The van der Waals surface area contributed by atoms with Crippen LogP contribution in [0.5, 0.6) is 0 Å². The minimum atomic E-state index is -0.165. The van der Waals surface area contributed by atoms with Crippen molar-refractivity contribution in [3.05, 3.63) is 16.0 Å². The number of aromatic nitrogens is 2. The Hall–Kier alpha value is -0.590. The molecule has 72 valence electrons. The number of hydrogen-bond acceptors (Lipinski definition) is 3. The van der Waals surface area contributed by atoms with Crippen LogP contribution in [0, 0.1) is 3.57 Å². The molecule has 5 heteroatoms. The molecule has 0 saturated heterocycles. The van der Waals surface area contributed by atoms with Crippen LogP contribution < -0.4 is 0 Å². The van der Waals surface area contributed by atoms with Crippen molar-refractivity contribution in [1.82, 2.24) is 9.78 Å². The summed E-state index contributed by atoms with van der Waals surface area (Å²) < 4.78 is 7.45. The van der Waals surface area contributed by atoms with Crippen LogP contribution in [0.15, 0.2) is 12.4 Å². The zero-order chi connectivity index (χ0) is 9.68. The summed E-state index contributed by atoms with van der Waals surface area (Å²) in [7, 11) is 1.40. The fraction of sp³-hybridized carbons (Fsp3) is 0.500. The van der Waals surface area contributed by atoms with Gasteiger partial charge in [-0.25, -0.2) is 0 Å². The van der Waals surface area contributed by atoms with Gasteiger partial charge in [-0.05, 0) is 29.0 Å². The van der Waals surface area contributed by atoms with Crippen molar-refractivity contribution in [2.75, 3.05) is 7.11 Å². The lowest BCUT2D eigenvalue weighted by Crippen LogP contribution is -2.04. The molecular formula is C8H11IN2O2. The smallest absolute Gasteiger partial charge is 0.305 e. The standard InChI is InChI=1S/C8H11IN2O2/c1-13-8(12)3-2-4-11-6-7(9)5-10-11/h5-6H,2-4H2,1H3. The van der Waals surface area contributed by atoms with Crippen LogP contribution in [-0.2, 0) is 16.1 Å². The lowest BCUT2D eigenvalue weighted by atomic mass is 10.3. The van der Waals surface area contributed by atoms with Gasteiger partial charge >= 0.3 is 5.97 Å². The van der Waals surface area contributed by atoms with Gasteiger partial charge in [-0.2, -0.15) is 5.10 Å². The molecule has 0 amide bonds. The molecule has 0 fully saturated rings. The summed E-state index contributed by atoms with van der Waals surface area (Å²) in [6.45, 7) is 0.762. The third-order valence-corrected chi connectivity index (χ3v) is 2.15. The van der Waals surface area contributed by atoms with Crippen molar-refractivity contribution in [2.24, 2.45) is 0 Å². The Bertz CT molecular complexity index is 285. The summed E-state index contributed by atoms with van der Waals surface area (Å²) in [4.78, 5) is 10.8. The van der Waals surface area contributed by atoms with E-state index in [-0.39, 0.29) is 5.97 Å². The van der Waals surface area contributed by atoms with Gasteiger partial charge in [0, 0.05) is 19.2 Å². The summed E-state index contributed by atoms with van der Waals surface area (Å²) >= 11 is 2.20. The summed E-state index contributed by atoms with van der Waals surface area (Å²) in [5.41, 5.74) is 0. The Morgan fingerprint density at radius 2 is 2.54 bits per heavy atom. The van der Waals surface area contributed by atoms with Crippen LogP contribution >= 0.6 is 22.6 Å². The van der Waals surface area contributed by atoms with Gasteiger partial charge in [0.1, 0.15) is 0 Å². The fourth-order valence-corrected chi connectivity index (χ4v) is 1.39. The fourth-order valence-electron chi connectivity index (χ4n) is 0.948. The SMILES string of the molecule is COC(=O)CCCn1cc(I)cn1. The number of hydrogen-bond donors (Lipinski definition) is 0. The first-order chi connectivity index (χ1) is 6.22. The zero-order valence-corrected chi connectivity index (χ0v) is 9.52. The van der Waals surface area contributed by atoms with Crippen LogP contribution in [0.3, 0.4) is 0 Å². The van der Waals surface area contributed by atoms with E-state index in [1.807, 2.05) is 10.9 Å². The van der Waals surface area contributed by atoms with Crippen molar-refractivity contribution in [3.8, 4) is 0 Å². The van der Waals surface area contributed by atoms with Crippen LogP contribution in [0.25, 0.3) is 0 Å². The van der Waals surface area contributed by atoms with E-state index in [4.69, 9.17) is 0 Å². The van der Waals surface area contributed by atoms with Gasteiger partial charge in [0.05, 0.1) is 16.9 Å². The van der Waals surface area contributed by atoms with E-state index < -0.39 is 0 Å². The molecule has 0 bridgehead atoms. The highest BCUT2D eigenvalue weighted by Crippen LogP contribution is 2.02. The van der Waals surface area contributed by atoms with E-state index in [0.29, 0.717) is 6.42 Å². The van der Waals surface area contributed by atoms with E-state index >= 15 is 0 Å². The molecule has 4 nitrogen and oxygen atoms in total. The first-order valence-corrected chi connectivity index (χ1v) is 5.05. The maximum absolute atomic E-state index is 10.8. The monoisotopic (exact) mass is 294 g/mol. The van der Waals surface area contributed by atoms with Gasteiger partial charge in [0.2, 0.25) is 0 Å². The topological polar surface area (TPSA) is 44.1 Å². The van der Waals surface area contributed by atoms with Gasteiger partial charge in [-0.15, -0.1) is 0 Å². The van der Waals surface area contributed by atoms with E-state index in [0.717, 1.165) is 16.5 Å². The third-order valence-electron chi connectivity index (χ3n) is 1.60. The number of nitrogens with zero attached hydrogens (tertiary/aromatic N) is 2. The molecule has 0 aliphatic carbocycles. The number of methoxy groups -OCH3 is 1. The van der Waals surface area contributed by atoms with Crippen LogP contribution in [-0.4, -0.2) is 22.9 Å². The first kappa shape index (κ1) is 10.5. The Kier molecular flexibility index (Phi) is 4.20. The zero-order valence-electron chi connectivity index (χ0n) is 7.36. The molecule has 0 saturated carbocycles. The number of ether oxygens (including phenoxy) is 1. The molecular weight excluding hydrogens is 283 g/mol. The lowest BCUT2D eigenvalue weighted by Gasteiger charge is -1.99. The average molecular weight is 294 g/mol. The molecule has 0 atom stereocenters. The van der Waals surface area contributed by atoms with E-state index in [2.05, 4.69) is 32.4 Å². The number of rotatable bonds is 4. The predicted molar refractivity (Wildman–Crippen MR) is 56.2 cm³/mol. The van der Waals surface area contributed by atoms with Crippen molar-refractivity contribution in [3.63, 3.8) is 0 Å². The highest BCUT2D eigenvalue weighted by molar-refractivity contribution is 14.1. The lowest BCUT2D eigenvalue weighted by molar-refractivity contribution is -0.140. The van der Waals surface area contributed by atoms with Crippen molar-refractivity contribution in [2.45, 2.75) is 19.4 Å². The van der Waals surface area contributed by atoms with Gasteiger partial charge in [-0.3, -0.25) is 9.48 Å². The largest absolute Gasteiger partial charge is 0.469 e. The summed E-state index contributed by atoms with van der Waals surface area (Å²) in [6, 6.07) is 0. The van der Waals surface area contributed by atoms with E-state index in [1.54, 1.807) is 6.20 Å². The number of halogens is 1. The molecule has 0 aliphatic rings.